The van der Waals surface area contributed by atoms with Crippen LogP contribution in [0.4, 0.5) is 0 Å². The summed E-state index contributed by atoms with van der Waals surface area (Å²) >= 11 is 12.5. The maximum atomic E-state index is 6.24. The number of halogens is 2. The molecule has 136 valence electrons. The maximum absolute atomic E-state index is 6.24. The number of aryl methyl sites for hydroxylation is 2. The van der Waals surface area contributed by atoms with Crippen LogP contribution in [-0.2, 0) is 24.6 Å². The van der Waals surface area contributed by atoms with Crippen LogP contribution in [-0.4, -0.2) is 0 Å². The van der Waals surface area contributed by atoms with E-state index in [0.29, 0.717) is 11.8 Å². The van der Waals surface area contributed by atoms with Gasteiger partial charge in [-0.1, -0.05) is 76.3 Å². The van der Waals surface area contributed by atoms with E-state index < -0.39 is 0 Å². The molecule has 0 nitrogen and oxygen atoms in total. The fourth-order valence-electron chi connectivity index (χ4n) is 3.90. The Morgan fingerprint density at radius 3 is 1.08 bits per heavy atom. The first-order valence-corrected chi connectivity index (χ1v) is 11.2. The van der Waals surface area contributed by atoms with Crippen LogP contribution in [0.25, 0.3) is 0 Å². The number of rotatable bonds is 2. The second-order valence-electron chi connectivity index (χ2n) is 7.40. The first-order valence-electron chi connectivity index (χ1n) is 10.1. The number of benzene rings is 1. The van der Waals surface area contributed by atoms with Crippen molar-refractivity contribution in [2.24, 2.45) is 0 Å². The largest absolute Gasteiger partial charge is 0.122 e. The van der Waals surface area contributed by atoms with Gasteiger partial charge >= 0.3 is 0 Å². The number of fused-ring (bicyclic) bond motifs is 15. The molecule has 0 amide bonds. The van der Waals surface area contributed by atoms with Crippen LogP contribution in [0.3, 0.4) is 0 Å². The van der Waals surface area contributed by atoms with Crippen molar-refractivity contribution in [2.45, 2.75) is 102 Å². The van der Waals surface area contributed by atoms with Gasteiger partial charge in [0.15, 0.2) is 0 Å². The summed E-state index contributed by atoms with van der Waals surface area (Å²) in [5.41, 5.74) is 5.54. The van der Waals surface area contributed by atoms with Crippen molar-refractivity contribution in [3.8, 4) is 0 Å². The maximum Gasteiger partial charge on any atom is 0.0476 e. The van der Waals surface area contributed by atoms with Crippen LogP contribution in [0.5, 0.6) is 0 Å². The van der Waals surface area contributed by atoms with Gasteiger partial charge in [0.25, 0.3) is 0 Å². The Labute approximate surface area is 159 Å². The normalized spacial score (nSPS) is 18.9. The lowest BCUT2D eigenvalue weighted by molar-refractivity contribution is 0.539. The molecular weight excluding hydrogens is 335 g/mol. The van der Waals surface area contributed by atoms with Crippen LogP contribution in [0, 0.1) is 0 Å². The quantitative estimate of drug-likeness (QED) is 0.464. The molecule has 2 aliphatic rings. The van der Waals surface area contributed by atoms with Gasteiger partial charge in [0.1, 0.15) is 0 Å². The molecule has 1 aromatic rings. The molecule has 3 rings (SSSR count). The fraction of sp³-hybridized carbons (Fsp3) is 0.727. The Hall–Kier alpha value is -0.200. The molecule has 24 heavy (non-hydrogen) atoms. The molecule has 0 heterocycles. The van der Waals surface area contributed by atoms with Crippen molar-refractivity contribution in [2.75, 3.05) is 0 Å². The molecule has 0 unspecified atom stereocenters. The van der Waals surface area contributed by atoms with E-state index in [1.807, 2.05) is 0 Å². The van der Waals surface area contributed by atoms with Gasteiger partial charge in [-0.15, -0.1) is 23.2 Å². The first-order chi connectivity index (χ1) is 11.8. The Bertz CT molecular complexity index is 424. The SMILES string of the molecule is ClCc1cc2c(CCl)cc1CCCCCCCCCCCCCC2. The Balaban J connectivity index is 2.05. The molecule has 0 fully saturated rings. The van der Waals surface area contributed by atoms with E-state index in [-0.39, 0.29) is 0 Å². The molecule has 2 heteroatoms. The van der Waals surface area contributed by atoms with Crippen LogP contribution in [0.2, 0.25) is 0 Å². The predicted octanol–water partition coefficient (Wildman–Crippen LogP) is 7.94. The van der Waals surface area contributed by atoms with Crippen molar-refractivity contribution in [1.29, 1.82) is 0 Å². The number of hydrogen-bond donors (Lipinski definition) is 0. The minimum Gasteiger partial charge on any atom is -0.122 e. The second-order valence-corrected chi connectivity index (χ2v) is 7.93. The Morgan fingerprint density at radius 2 is 0.792 bits per heavy atom. The van der Waals surface area contributed by atoms with Crippen LogP contribution >= 0.6 is 23.2 Å². The minimum atomic E-state index is 0.630. The highest BCUT2D eigenvalue weighted by Gasteiger charge is 2.09. The van der Waals surface area contributed by atoms with Gasteiger partial charge in [0, 0.05) is 11.8 Å². The summed E-state index contributed by atoms with van der Waals surface area (Å²) in [5, 5.41) is 0. The summed E-state index contributed by atoms with van der Waals surface area (Å²) in [5.74, 6) is 1.26. The van der Waals surface area contributed by atoms with Gasteiger partial charge in [-0.05, 0) is 47.9 Å². The van der Waals surface area contributed by atoms with E-state index in [0.717, 1.165) is 12.8 Å². The second kappa shape index (κ2) is 12.2. The molecule has 0 spiro atoms. The van der Waals surface area contributed by atoms with Gasteiger partial charge in [-0.25, -0.2) is 0 Å². The zero-order valence-electron chi connectivity index (χ0n) is 15.2. The van der Waals surface area contributed by atoms with Crippen LogP contribution in [0.15, 0.2) is 12.1 Å². The van der Waals surface area contributed by atoms with Crippen LogP contribution < -0.4 is 0 Å². The Morgan fingerprint density at radius 1 is 0.500 bits per heavy atom. The standard InChI is InChI=1S/C22H34Cl2/c23-17-21-16-20-14-12-10-8-6-4-2-1-3-5-7-9-11-13-19(21)15-22(20)18-24/h15-16H,1-14,17-18H2. The van der Waals surface area contributed by atoms with Crippen molar-refractivity contribution in [3.63, 3.8) is 0 Å². The summed E-state index contributed by atoms with van der Waals surface area (Å²) in [6.07, 6.45) is 18.9. The molecule has 1 aromatic carbocycles. The monoisotopic (exact) mass is 368 g/mol. The van der Waals surface area contributed by atoms with E-state index in [1.165, 1.54) is 99.3 Å². The van der Waals surface area contributed by atoms with Gasteiger partial charge in [-0.2, -0.15) is 0 Å². The topological polar surface area (TPSA) is 0 Å². The minimum absolute atomic E-state index is 0.630. The predicted molar refractivity (Wildman–Crippen MR) is 108 cm³/mol. The lowest BCUT2D eigenvalue weighted by Crippen LogP contribution is -2.01. The third-order valence-electron chi connectivity index (χ3n) is 5.45. The Kier molecular flexibility index (Phi) is 10.2. The third-order valence-corrected chi connectivity index (χ3v) is 6.03. The van der Waals surface area contributed by atoms with Crippen LogP contribution in [0.1, 0.15) is 99.3 Å². The van der Waals surface area contributed by atoms with Crippen molar-refractivity contribution in [1.82, 2.24) is 0 Å². The summed E-state index contributed by atoms with van der Waals surface area (Å²) in [7, 11) is 0. The smallest absolute Gasteiger partial charge is 0.0476 e. The molecule has 2 bridgehead atoms. The average Bonchev–Trinajstić information content (AvgIpc) is 2.61. The number of hydrogen-bond acceptors (Lipinski definition) is 0. The van der Waals surface area contributed by atoms with Crippen molar-refractivity contribution in [3.05, 3.63) is 34.4 Å². The molecule has 0 aliphatic heterocycles. The molecule has 0 saturated heterocycles. The zero-order chi connectivity index (χ0) is 17.0. The molecule has 0 N–H and O–H groups in total. The number of alkyl halides is 2. The van der Waals surface area contributed by atoms with Gasteiger partial charge in [0.05, 0.1) is 0 Å². The average molecular weight is 369 g/mol. The van der Waals surface area contributed by atoms with E-state index in [2.05, 4.69) is 12.1 Å². The van der Waals surface area contributed by atoms with E-state index in [1.54, 1.807) is 0 Å². The molecule has 0 saturated carbocycles. The molecule has 0 radical (unpaired) electrons. The molecule has 2 aliphatic carbocycles. The van der Waals surface area contributed by atoms with E-state index >= 15 is 0 Å². The van der Waals surface area contributed by atoms with Gasteiger partial charge < -0.3 is 0 Å². The molecule has 0 aromatic heterocycles. The van der Waals surface area contributed by atoms with E-state index in [9.17, 15) is 0 Å². The highest BCUT2D eigenvalue weighted by atomic mass is 35.5. The van der Waals surface area contributed by atoms with Gasteiger partial charge in [-0.3, -0.25) is 0 Å². The summed E-state index contributed by atoms with van der Waals surface area (Å²) < 4.78 is 0. The van der Waals surface area contributed by atoms with E-state index in [4.69, 9.17) is 23.2 Å². The zero-order valence-corrected chi connectivity index (χ0v) is 16.7. The summed E-state index contributed by atoms with van der Waals surface area (Å²) in [4.78, 5) is 0. The fourth-order valence-corrected chi connectivity index (χ4v) is 4.40. The first kappa shape index (κ1) is 20.1. The molecule has 0 atom stereocenters. The summed E-state index contributed by atoms with van der Waals surface area (Å²) in [6, 6.07) is 4.70. The summed E-state index contributed by atoms with van der Waals surface area (Å²) in [6.45, 7) is 0. The van der Waals surface area contributed by atoms with Gasteiger partial charge in [0.2, 0.25) is 0 Å². The lowest BCUT2D eigenvalue weighted by atomic mass is 9.93. The van der Waals surface area contributed by atoms with Crippen molar-refractivity contribution >= 4 is 23.2 Å². The highest BCUT2D eigenvalue weighted by Crippen LogP contribution is 2.25. The van der Waals surface area contributed by atoms with Crippen molar-refractivity contribution < 1.29 is 0 Å². The third kappa shape index (κ3) is 6.96. The molecular formula is C22H34Cl2. The lowest BCUT2D eigenvalue weighted by Gasteiger charge is -2.15. The highest BCUT2D eigenvalue weighted by molar-refractivity contribution is 6.17.